The highest BCUT2D eigenvalue weighted by Crippen LogP contribution is 2.46. The zero-order valence-electron chi connectivity index (χ0n) is 16.8. The molecule has 2 aliphatic carbocycles. The van der Waals surface area contributed by atoms with Gasteiger partial charge in [-0.15, -0.1) is 0 Å². The Morgan fingerprint density at radius 1 is 1.24 bits per heavy atom. The first kappa shape index (κ1) is 18.3. The minimum atomic E-state index is -0.430. The molecule has 0 aromatic heterocycles. The fourth-order valence-corrected chi connectivity index (χ4v) is 3.99. The molecule has 4 nitrogen and oxygen atoms in total. The van der Waals surface area contributed by atoms with Gasteiger partial charge in [-0.25, -0.2) is 4.79 Å². The van der Waals surface area contributed by atoms with Gasteiger partial charge in [0.25, 0.3) is 0 Å². The second-order valence-corrected chi connectivity index (χ2v) is 9.27. The van der Waals surface area contributed by atoms with Crippen molar-refractivity contribution in [1.29, 1.82) is 0 Å². The van der Waals surface area contributed by atoms with Crippen LogP contribution in [0.4, 0.5) is 4.79 Å². The van der Waals surface area contributed by atoms with Crippen LogP contribution in [-0.4, -0.2) is 46.7 Å². The molecule has 1 spiro atoms. The standard InChI is InChI=1S/C21H34N2O2/c1-15-7-8-16(2)18(13-17(15)3)22-11-12-23(21(14-22)9-10-21)19(24)25-20(4,5)6/h13,15H,7-12,14H2,1-6H3. The maximum atomic E-state index is 12.6. The molecule has 3 aliphatic rings. The quantitative estimate of drug-likeness (QED) is 0.688. The summed E-state index contributed by atoms with van der Waals surface area (Å²) in [7, 11) is 0. The molecule has 1 atom stereocenters. The highest BCUT2D eigenvalue weighted by Gasteiger charge is 2.54. The van der Waals surface area contributed by atoms with Gasteiger partial charge in [-0.3, -0.25) is 4.90 Å². The monoisotopic (exact) mass is 346 g/mol. The van der Waals surface area contributed by atoms with E-state index < -0.39 is 5.60 Å². The summed E-state index contributed by atoms with van der Waals surface area (Å²) in [5, 5.41) is 0. The minimum Gasteiger partial charge on any atom is -0.444 e. The van der Waals surface area contributed by atoms with E-state index in [1.54, 1.807) is 0 Å². The van der Waals surface area contributed by atoms with E-state index in [1.807, 2.05) is 25.7 Å². The molecule has 25 heavy (non-hydrogen) atoms. The summed E-state index contributed by atoms with van der Waals surface area (Å²) in [5.41, 5.74) is 3.93. The molecule has 0 bridgehead atoms. The Bertz CT molecular complexity index is 608. The van der Waals surface area contributed by atoms with E-state index in [4.69, 9.17) is 4.74 Å². The molecule has 1 saturated heterocycles. The summed E-state index contributed by atoms with van der Waals surface area (Å²) >= 11 is 0. The fourth-order valence-electron chi connectivity index (χ4n) is 3.99. The van der Waals surface area contributed by atoms with Crippen molar-refractivity contribution in [2.24, 2.45) is 5.92 Å². The van der Waals surface area contributed by atoms with Crippen LogP contribution in [-0.2, 0) is 4.74 Å². The Hall–Kier alpha value is -1.45. The molecule has 140 valence electrons. The smallest absolute Gasteiger partial charge is 0.410 e. The van der Waals surface area contributed by atoms with Gasteiger partial charge in [0, 0.05) is 25.3 Å². The van der Waals surface area contributed by atoms with Crippen molar-refractivity contribution in [1.82, 2.24) is 9.80 Å². The molecule has 1 aliphatic heterocycles. The topological polar surface area (TPSA) is 32.8 Å². The van der Waals surface area contributed by atoms with Crippen LogP contribution in [0.2, 0.25) is 0 Å². The van der Waals surface area contributed by atoms with Crippen molar-refractivity contribution in [3.05, 3.63) is 22.9 Å². The lowest BCUT2D eigenvalue weighted by atomic mass is 9.98. The first-order chi connectivity index (χ1) is 11.6. The van der Waals surface area contributed by atoms with Gasteiger partial charge in [-0.05, 0) is 77.9 Å². The molecule has 0 aromatic carbocycles. The number of amides is 1. The van der Waals surface area contributed by atoms with Crippen molar-refractivity contribution >= 4 is 6.09 Å². The van der Waals surface area contributed by atoms with Crippen LogP contribution in [0.1, 0.15) is 67.2 Å². The molecule has 1 heterocycles. The number of nitrogens with zero attached hydrogens (tertiary/aromatic N) is 2. The zero-order valence-corrected chi connectivity index (χ0v) is 16.8. The number of hydrogen-bond acceptors (Lipinski definition) is 3. The molecule has 0 N–H and O–H groups in total. The van der Waals surface area contributed by atoms with E-state index >= 15 is 0 Å². The number of piperazine rings is 1. The second-order valence-electron chi connectivity index (χ2n) is 9.27. The molecule has 0 aromatic rings. The molecular weight excluding hydrogens is 312 g/mol. The first-order valence-electron chi connectivity index (χ1n) is 9.75. The van der Waals surface area contributed by atoms with Gasteiger partial charge >= 0.3 is 6.09 Å². The summed E-state index contributed by atoms with van der Waals surface area (Å²) in [6.07, 6.45) is 6.84. The summed E-state index contributed by atoms with van der Waals surface area (Å²) in [5.74, 6) is 0.658. The molecule has 2 fully saturated rings. The molecule has 4 heteroatoms. The van der Waals surface area contributed by atoms with E-state index in [1.165, 1.54) is 29.7 Å². The number of ether oxygens (including phenoxy) is 1. The van der Waals surface area contributed by atoms with Crippen molar-refractivity contribution in [3.63, 3.8) is 0 Å². The molecule has 0 radical (unpaired) electrons. The Morgan fingerprint density at radius 2 is 1.92 bits per heavy atom. The van der Waals surface area contributed by atoms with Crippen LogP contribution >= 0.6 is 0 Å². The van der Waals surface area contributed by atoms with E-state index in [2.05, 4.69) is 31.7 Å². The van der Waals surface area contributed by atoms with Crippen molar-refractivity contribution in [2.45, 2.75) is 78.4 Å². The Labute approximate surface area is 152 Å². The normalized spacial score (nSPS) is 26.5. The number of carbonyl (C=O) groups excluding carboxylic acids is 1. The third kappa shape index (κ3) is 3.88. The molecule has 1 saturated carbocycles. The van der Waals surface area contributed by atoms with Gasteiger partial charge in [0.1, 0.15) is 5.60 Å². The number of carbonyl (C=O) groups is 1. The van der Waals surface area contributed by atoms with Crippen molar-refractivity contribution in [2.75, 3.05) is 19.6 Å². The van der Waals surface area contributed by atoms with Gasteiger partial charge in [0.05, 0.1) is 5.54 Å². The Kier molecular flexibility index (Phi) is 4.67. The lowest BCUT2D eigenvalue weighted by molar-refractivity contribution is -0.00247. The van der Waals surface area contributed by atoms with Gasteiger partial charge < -0.3 is 9.64 Å². The van der Waals surface area contributed by atoms with Crippen LogP contribution in [0.25, 0.3) is 0 Å². The van der Waals surface area contributed by atoms with Crippen LogP contribution in [0.5, 0.6) is 0 Å². The van der Waals surface area contributed by atoms with E-state index in [0.717, 1.165) is 32.5 Å². The fraction of sp³-hybridized carbons (Fsp3) is 0.762. The van der Waals surface area contributed by atoms with Crippen molar-refractivity contribution in [3.8, 4) is 0 Å². The molecule has 3 rings (SSSR count). The lowest BCUT2D eigenvalue weighted by Gasteiger charge is -2.44. The third-order valence-corrected chi connectivity index (χ3v) is 5.96. The van der Waals surface area contributed by atoms with Gasteiger partial charge in [0.15, 0.2) is 0 Å². The summed E-state index contributed by atoms with van der Waals surface area (Å²) in [4.78, 5) is 17.1. The average molecular weight is 347 g/mol. The summed E-state index contributed by atoms with van der Waals surface area (Å²) in [6, 6.07) is 0. The minimum absolute atomic E-state index is 0.00642. The molecule has 1 amide bonds. The first-order valence-corrected chi connectivity index (χ1v) is 9.75. The molecular formula is C21H34N2O2. The Morgan fingerprint density at radius 3 is 2.52 bits per heavy atom. The van der Waals surface area contributed by atoms with E-state index in [-0.39, 0.29) is 11.6 Å². The number of allylic oxidation sites excluding steroid dienone is 3. The van der Waals surface area contributed by atoms with Crippen LogP contribution < -0.4 is 0 Å². The highest BCUT2D eigenvalue weighted by molar-refractivity contribution is 5.70. The predicted octanol–water partition coefficient (Wildman–Crippen LogP) is 4.72. The maximum absolute atomic E-state index is 12.6. The maximum Gasteiger partial charge on any atom is 0.410 e. The van der Waals surface area contributed by atoms with Gasteiger partial charge in [-0.2, -0.15) is 0 Å². The van der Waals surface area contributed by atoms with Crippen LogP contribution in [0.3, 0.4) is 0 Å². The van der Waals surface area contributed by atoms with Gasteiger partial charge in [-0.1, -0.05) is 12.5 Å². The summed E-state index contributed by atoms with van der Waals surface area (Å²) in [6.45, 7) is 15.3. The largest absolute Gasteiger partial charge is 0.444 e. The van der Waals surface area contributed by atoms with Gasteiger partial charge in [0.2, 0.25) is 0 Å². The zero-order chi connectivity index (χ0) is 18.4. The number of hydrogen-bond donors (Lipinski definition) is 0. The summed E-state index contributed by atoms with van der Waals surface area (Å²) < 4.78 is 5.65. The Balaban J connectivity index is 1.76. The number of rotatable bonds is 1. The van der Waals surface area contributed by atoms with Crippen molar-refractivity contribution < 1.29 is 9.53 Å². The van der Waals surface area contributed by atoms with Crippen LogP contribution in [0, 0.1) is 5.92 Å². The van der Waals surface area contributed by atoms with E-state index in [9.17, 15) is 4.79 Å². The third-order valence-electron chi connectivity index (χ3n) is 5.96. The SMILES string of the molecule is CC1=CC(N2CCN(C(=O)OC(C)(C)C)C3(CC3)C2)=C(C)CCC1C. The van der Waals surface area contributed by atoms with Crippen LogP contribution in [0.15, 0.2) is 22.9 Å². The predicted molar refractivity (Wildman–Crippen MR) is 101 cm³/mol. The second kappa shape index (κ2) is 6.37. The highest BCUT2D eigenvalue weighted by atomic mass is 16.6. The lowest BCUT2D eigenvalue weighted by Crippen LogP contribution is -2.57. The molecule has 1 unspecified atom stereocenters. The average Bonchev–Trinajstić information content (AvgIpc) is 3.27. The van der Waals surface area contributed by atoms with E-state index in [0.29, 0.717) is 5.92 Å².